The van der Waals surface area contributed by atoms with Gasteiger partial charge >= 0.3 is 6.03 Å². The fourth-order valence-corrected chi connectivity index (χ4v) is 4.53. The van der Waals surface area contributed by atoms with E-state index in [1.807, 2.05) is 39.8 Å². The minimum Gasteiger partial charge on any atom is -0.339 e. The first-order chi connectivity index (χ1) is 14.0. The van der Waals surface area contributed by atoms with Gasteiger partial charge in [-0.2, -0.15) is 0 Å². The lowest BCUT2D eigenvalue weighted by atomic mass is 9.99. The van der Waals surface area contributed by atoms with Crippen LogP contribution in [0.15, 0.2) is 24.3 Å². The number of amides is 3. The van der Waals surface area contributed by atoms with E-state index >= 15 is 0 Å². The molecule has 2 aliphatic heterocycles. The van der Waals surface area contributed by atoms with Gasteiger partial charge in [0.25, 0.3) is 0 Å². The van der Waals surface area contributed by atoms with Crippen molar-refractivity contribution in [3.05, 3.63) is 41.1 Å². The number of carbonyl (C=O) groups excluding carboxylic acids is 2. The number of likely N-dealkylation sites (tertiary alicyclic amines) is 1. The molecule has 3 heterocycles. The summed E-state index contributed by atoms with van der Waals surface area (Å²) < 4.78 is 0. The minimum absolute atomic E-state index is 0.123. The lowest BCUT2D eigenvalue weighted by Gasteiger charge is -2.38. The number of aryl methyl sites for hydroxylation is 2. The maximum absolute atomic E-state index is 13.0. The topological polar surface area (TPSA) is 56.8 Å². The number of rotatable bonds is 2. The molecule has 29 heavy (non-hydrogen) atoms. The Morgan fingerprint density at radius 3 is 2.21 bits per heavy atom. The van der Waals surface area contributed by atoms with Crippen molar-refractivity contribution >= 4 is 22.8 Å². The predicted octanol–water partition coefficient (Wildman–Crippen LogP) is 3.14. The summed E-state index contributed by atoms with van der Waals surface area (Å²) in [6, 6.07) is 8.22. The molecule has 0 spiro atoms. The van der Waals surface area contributed by atoms with Gasteiger partial charge in [-0.15, -0.1) is 0 Å². The fourth-order valence-electron chi connectivity index (χ4n) is 4.53. The molecule has 3 amide bonds. The number of urea groups is 1. The van der Waals surface area contributed by atoms with Crippen LogP contribution < -0.4 is 0 Å². The Hall–Kier alpha value is -2.63. The molecule has 0 aliphatic carbocycles. The van der Waals surface area contributed by atoms with Crippen molar-refractivity contribution in [2.24, 2.45) is 0 Å². The van der Waals surface area contributed by atoms with Gasteiger partial charge in [0.15, 0.2) is 0 Å². The summed E-state index contributed by atoms with van der Waals surface area (Å²) >= 11 is 0. The van der Waals surface area contributed by atoms with Gasteiger partial charge in [-0.05, 0) is 50.3 Å². The predicted molar refractivity (Wildman–Crippen MR) is 114 cm³/mol. The summed E-state index contributed by atoms with van der Waals surface area (Å²) in [7, 11) is 0. The van der Waals surface area contributed by atoms with Gasteiger partial charge in [0, 0.05) is 50.3 Å². The first-order valence-corrected chi connectivity index (χ1v) is 10.7. The number of pyridine rings is 1. The van der Waals surface area contributed by atoms with E-state index in [0.717, 1.165) is 53.7 Å². The zero-order valence-electron chi connectivity index (χ0n) is 17.5. The number of hydrogen-bond acceptors (Lipinski definition) is 3. The number of fused-ring (bicyclic) bond motifs is 1. The number of piperidine rings is 1. The first-order valence-electron chi connectivity index (χ1n) is 10.7. The smallest absolute Gasteiger partial charge is 0.320 e. The highest BCUT2D eigenvalue weighted by Crippen LogP contribution is 2.23. The molecule has 0 radical (unpaired) electrons. The molecule has 2 fully saturated rings. The summed E-state index contributed by atoms with van der Waals surface area (Å²) in [6.45, 7) is 8.25. The van der Waals surface area contributed by atoms with Gasteiger partial charge in [-0.1, -0.05) is 18.2 Å². The lowest BCUT2D eigenvalue weighted by Crippen LogP contribution is -2.55. The Bertz CT molecular complexity index is 912. The maximum Gasteiger partial charge on any atom is 0.320 e. The zero-order valence-corrected chi connectivity index (χ0v) is 17.5. The second-order valence-electron chi connectivity index (χ2n) is 8.19. The summed E-state index contributed by atoms with van der Waals surface area (Å²) in [6.07, 6.45) is 3.79. The molecule has 0 saturated carbocycles. The molecule has 6 nitrogen and oxygen atoms in total. The van der Waals surface area contributed by atoms with Gasteiger partial charge in [0.1, 0.15) is 0 Å². The van der Waals surface area contributed by atoms with E-state index in [4.69, 9.17) is 4.98 Å². The molecule has 1 aromatic carbocycles. The van der Waals surface area contributed by atoms with Gasteiger partial charge in [0.2, 0.25) is 5.91 Å². The van der Waals surface area contributed by atoms with Crippen LogP contribution in [0.4, 0.5) is 4.79 Å². The number of para-hydroxylation sites is 1. The van der Waals surface area contributed by atoms with E-state index in [9.17, 15) is 9.59 Å². The largest absolute Gasteiger partial charge is 0.339 e. The van der Waals surface area contributed by atoms with Crippen molar-refractivity contribution in [2.45, 2.75) is 39.5 Å². The molecule has 0 unspecified atom stereocenters. The minimum atomic E-state index is 0.123. The SMILES string of the molecule is Cc1nc2ccccc2c(C)c1CC(=O)N1CCN(C(=O)N2CCCCC2)CC1. The van der Waals surface area contributed by atoms with Crippen LogP contribution in [0.2, 0.25) is 0 Å². The van der Waals surface area contributed by atoms with E-state index in [1.54, 1.807) is 0 Å². The summed E-state index contributed by atoms with van der Waals surface area (Å²) in [5, 5.41) is 1.11. The molecule has 6 heteroatoms. The number of benzene rings is 1. The lowest BCUT2D eigenvalue weighted by molar-refractivity contribution is -0.132. The normalized spacial score (nSPS) is 17.7. The highest BCUT2D eigenvalue weighted by atomic mass is 16.2. The zero-order chi connectivity index (χ0) is 20.4. The Balaban J connectivity index is 1.39. The molecule has 0 atom stereocenters. The third-order valence-electron chi connectivity index (χ3n) is 6.34. The van der Waals surface area contributed by atoms with Crippen molar-refractivity contribution < 1.29 is 9.59 Å². The van der Waals surface area contributed by atoms with E-state index in [2.05, 4.69) is 13.0 Å². The van der Waals surface area contributed by atoms with Gasteiger partial charge in [-0.3, -0.25) is 9.78 Å². The molecule has 0 N–H and O–H groups in total. The van der Waals surface area contributed by atoms with E-state index in [1.165, 1.54) is 6.42 Å². The van der Waals surface area contributed by atoms with Crippen molar-refractivity contribution in [1.82, 2.24) is 19.7 Å². The van der Waals surface area contributed by atoms with E-state index in [0.29, 0.717) is 32.6 Å². The monoisotopic (exact) mass is 394 g/mol. The molecule has 0 bridgehead atoms. The number of piperazine rings is 1. The van der Waals surface area contributed by atoms with Crippen LogP contribution in [0.5, 0.6) is 0 Å². The van der Waals surface area contributed by atoms with Crippen molar-refractivity contribution in [3.63, 3.8) is 0 Å². The Morgan fingerprint density at radius 2 is 1.48 bits per heavy atom. The molecule has 2 aliphatic rings. The average molecular weight is 395 g/mol. The third kappa shape index (κ3) is 4.07. The Kier molecular flexibility index (Phi) is 5.69. The van der Waals surface area contributed by atoms with Crippen LogP contribution in [0.3, 0.4) is 0 Å². The standard InChI is InChI=1S/C23H30N4O2/c1-17-19-8-4-5-9-21(19)24-18(2)20(17)16-22(28)25-12-14-27(15-13-25)23(29)26-10-6-3-7-11-26/h4-5,8-9H,3,6-7,10-16H2,1-2H3. The maximum atomic E-state index is 13.0. The second-order valence-corrected chi connectivity index (χ2v) is 8.19. The van der Waals surface area contributed by atoms with Crippen LogP contribution in [-0.2, 0) is 11.2 Å². The van der Waals surface area contributed by atoms with Crippen LogP contribution in [0, 0.1) is 13.8 Å². The number of nitrogens with zero attached hydrogens (tertiary/aromatic N) is 4. The quantitative estimate of drug-likeness (QED) is 0.786. The summed E-state index contributed by atoms with van der Waals surface area (Å²) in [5.74, 6) is 0.123. The summed E-state index contributed by atoms with van der Waals surface area (Å²) in [5.41, 5.74) is 4.07. The van der Waals surface area contributed by atoms with Crippen molar-refractivity contribution in [3.8, 4) is 0 Å². The van der Waals surface area contributed by atoms with Gasteiger partial charge in [0.05, 0.1) is 11.9 Å². The van der Waals surface area contributed by atoms with Gasteiger partial charge < -0.3 is 14.7 Å². The van der Waals surface area contributed by atoms with Crippen LogP contribution in [-0.4, -0.2) is 70.9 Å². The van der Waals surface area contributed by atoms with Crippen LogP contribution in [0.1, 0.15) is 36.1 Å². The molecule has 4 rings (SSSR count). The number of aromatic nitrogens is 1. The third-order valence-corrected chi connectivity index (χ3v) is 6.34. The summed E-state index contributed by atoms with van der Waals surface area (Å²) in [4.78, 5) is 36.1. The highest BCUT2D eigenvalue weighted by Gasteiger charge is 2.28. The van der Waals surface area contributed by atoms with Crippen LogP contribution >= 0.6 is 0 Å². The Labute approximate surface area is 172 Å². The molecule has 1 aromatic heterocycles. The molecular formula is C23H30N4O2. The molecular weight excluding hydrogens is 364 g/mol. The van der Waals surface area contributed by atoms with E-state index < -0.39 is 0 Å². The van der Waals surface area contributed by atoms with Crippen LogP contribution in [0.25, 0.3) is 10.9 Å². The molecule has 2 aromatic rings. The van der Waals surface area contributed by atoms with Gasteiger partial charge in [-0.25, -0.2) is 4.79 Å². The average Bonchev–Trinajstić information content (AvgIpc) is 2.76. The van der Waals surface area contributed by atoms with Crippen molar-refractivity contribution in [2.75, 3.05) is 39.3 Å². The molecule has 154 valence electrons. The highest BCUT2D eigenvalue weighted by molar-refractivity contribution is 5.86. The fraction of sp³-hybridized carbons (Fsp3) is 0.522. The number of hydrogen-bond donors (Lipinski definition) is 0. The number of carbonyl (C=O) groups is 2. The van der Waals surface area contributed by atoms with Crippen molar-refractivity contribution in [1.29, 1.82) is 0 Å². The van der Waals surface area contributed by atoms with E-state index in [-0.39, 0.29) is 11.9 Å². The first kappa shape index (κ1) is 19.7. The Morgan fingerprint density at radius 1 is 0.862 bits per heavy atom. The molecule has 2 saturated heterocycles. The second kappa shape index (κ2) is 8.39.